The van der Waals surface area contributed by atoms with E-state index < -0.39 is 5.54 Å². The van der Waals surface area contributed by atoms with Gasteiger partial charge in [-0.25, -0.2) is 4.79 Å². The molecule has 0 aromatic heterocycles. The van der Waals surface area contributed by atoms with Crippen molar-refractivity contribution in [3.05, 3.63) is 29.8 Å². The number of methoxy groups -OCH3 is 2. The lowest BCUT2D eigenvalue weighted by Gasteiger charge is -2.69. The minimum atomic E-state index is -0.602. The highest BCUT2D eigenvalue weighted by Crippen LogP contribution is 2.75. The van der Waals surface area contributed by atoms with Crippen molar-refractivity contribution in [1.29, 1.82) is 0 Å². The van der Waals surface area contributed by atoms with Crippen molar-refractivity contribution in [2.45, 2.75) is 55.5 Å². The van der Waals surface area contributed by atoms with E-state index in [2.05, 4.69) is 17.0 Å². The summed E-state index contributed by atoms with van der Waals surface area (Å²) in [7, 11) is 2.92. The smallest absolute Gasteiger partial charge is 0.414 e. The third-order valence-electron chi connectivity index (χ3n) is 9.16. The van der Waals surface area contributed by atoms with Crippen LogP contribution in [-0.2, 0) is 19.7 Å². The number of benzene rings is 1. The first-order valence-corrected chi connectivity index (χ1v) is 10.9. The molecule has 6 nitrogen and oxygen atoms in total. The first kappa shape index (κ1) is 17.8. The van der Waals surface area contributed by atoms with E-state index in [0.29, 0.717) is 6.04 Å². The highest BCUT2D eigenvalue weighted by atomic mass is 16.5. The van der Waals surface area contributed by atoms with E-state index in [0.717, 1.165) is 44.5 Å². The molecule has 7 rings (SSSR count). The Kier molecular flexibility index (Phi) is 3.39. The van der Waals surface area contributed by atoms with Crippen molar-refractivity contribution in [3.63, 3.8) is 0 Å². The van der Waals surface area contributed by atoms with Gasteiger partial charge in [0.2, 0.25) is 0 Å². The fourth-order valence-electron chi connectivity index (χ4n) is 8.59. The van der Waals surface area contributed by atoms with Gasteiger partial charge in [-0.3, -0.25) is 14.6 Å². The van der Waals surface area contributed by atoms with Gasteiger partial charge in [0.1, 0.15) is 0 Å². The van der Waals surface area contributed by atoms with E-state index >= 15 is 0 Å². The van der Waals surface area contributed by atoms with E-state index in [4.69, 9.17) is 9.47 Å². The van der Waals surface area contributed by atoms with E-state index in [-0.39, 0.29) is 28.8 Å². The Morgan fingerprint density at radius 2 is 1.86 bits per heavy atom. The molecular formula is C23H28N2O4. The lowest BCUT2D eigenvalue weighted by molar-refractivity contribution is -0.174. The molecule has 3 saturated carbocycles. The molecule has 154 valence electrons. The van der Waals surface area contributed by atoms with Crippen LogP contribution in [0.4, 0.5) is 10.5 Å². The summed E-state index contributed by atoms with van der Waals surface area (Å²) in [6.07, 6.45) is 5.69. The van der Waals surface area contributed by atoms with E-state index in [1.807, 2.05) is 17.0 Å². The molecule has 3 spiro atoms. The maximum absolute atomic E-state index is 13.2. The molecule has 1 amide bonds. The number of hydrogen-bond acceptors (Lipinski definition) is 5. The second-order valence-corrected chi connectivity index (χ2v) is 9.65. The lowest BCUT2D eigenvalue weighted by Crippen LogP contribution is -2.79. The summed E-state index contributed by atoms with van der Waals surface area (Å²) in [4.78, 5) is 31.0. The predicted octanol–water partition coefficient (Wildman–Crippen LogP) is 3.09. The van der Waals surface area contributed by atoms with Gasteiger partial charge in [0.05, 0.1) is 31.4 Å². The van der Waals surface area contributed by atoms with Crippen LogP contribution in [0.3, 0.4) is 0 Å². The molecule has 2 saturated heterocycles. The van der Waals surface area contributed by atoms with E-state index in [1.54, 1.807) is 0 Å². The summed E-state index contributed by atoms with van der Waals surface area (Å²) in [6.45, 7) is 2.15. The molecular weight excluding hydrogens is 368 g/mol. The summed E-state index contributed by atoms with van der Waals surface area (Å²) in [5, 5.41) is 0. The maximum Gasteiger partial charge on any atom is 0.414 e. The summed E-state index contributed by atoms with van der Waals surface area (Å²) in [5.41, 5.74) is 1.47. The molecule has 3 heterocycles. The number of carbonyl (C=O) groups is 2. The monoisotopic (exact) mass is 396 g/mol. The van der Waals surface area contributed by atoms with Gasteiger partial charge >= 0.3 is 12.1 Å². The van der Waals surface area contributed by atoms with E-state index in [9.17, 15) is 9.59 Å². The van der Waals surface area contributed by atoms with Gasteiger partial charge in [0.15, 0.2) is 0 Å². The van der Waals surface area contributed by atoms with Gasteiger partial charge in [-0.15, -0.1) is 0 Å². The first-order valence-electron chi connectivity index (χ1n) is 10.9. The van der Waals surface area contributed by atoms with Crippen LogP contribution < -0.4 is 4.90 Å². The summed E-state index contributed by atoms with van der Waals surface area (Å²) < 4.78 is 10.7. The molecule has 1 aromatic carbocycles. The quantitative estimate of drug-likeness (QED) is 0.683. The topological polar surface area (TPSA) is 59.1 Å². The number of esters is 1. The minimum Gasteiger partial charge on any atom is -0.469 e. The van der Waals surface area contributed by atoms with Crippen LogP contribution in [0, 0.1) is 11.3 Å². The molecule has 5 fully saturated rings. The zero-order valence-corrected chi connectivity index (χ0v) is 17.1. The molecule has 6 heteroatoms. The van der Waals surface area contributed by atoms with Crippen molar-refractivity contribution in [3.8, 4) is 0 Å². The number of carbonyl (C=O) groups excluding carboxylic acids is 2. The SMILES string of the molecule is COC(=O)[C@H]1C[C@@]23CCCN4CC[C@]5(c6ccccc6N(C(=O)OC)[C@@]15CC2)[C@H]43. The molecule has 0 N–H and O–H groups in total. The minimum absolute atomic E-state index is 0.134. The van der Waals surface area contributed by atoms with Gasteiger partial charge in [-0.1, -0.05) is 18.2 Å². The Morgan fingerprint density at radius 3 is 2.66 bits per heavy atom. The number of nitrogens with zero attached hydrogens (tertiary/aromatic N) is 2. The number of ether oxygens (including phenoxy) is 2. The van der Waals surface area contributed by atoms with Gasteiger partial charge in [-0.05, 0) is 68.7 Å². The molecule has 0 unspecified atom stereocenters. The van der Waals surface area contributed by atoms with Crippen LogP contribution in [0.25, 0.3) is 0 Å². The fraction of sp³-hybridized carbons (Fsp3) is 0.652. The van der Waals surface area contributed by atoms with Crippen LogP contribution in [0.1, 0.15) is 44.1 Å². The zero-order valence-electron chi connectivity index (χ0n) is 17.1. The molecule has 6 aliphatic rings. The zero-order chi connectivity index (χ0) is 20.0. The van der Waals surface area contributed by atoms with Crippen LogP contribution in [0.2, 0.25) is 0 Å². The third-order valence-corrected chi connectivity index (χ3v) is 9.16. The maximum atomic E-state index is 13.2. The second kappa shape index (κ2) is 5.54. The Hall–Kier alpha value is -2.08. The van der Waals surface area contributed by atoms with Crippen molar-refractivity contribution in [2.24, 2.45) is 11.3 Å². The standard InChI is InChI=1S/C23H28N2O4/c1-28-18(26)16-14-21-8-5-12-24-13-11-22(19(21)24)15-6-3-4-7-17(15)25(20(27)29-2)23(16,22)10-9-21/h3-4,6-7,16,19H,5,8-14H2,1-2H3/t16-,19-,21-,22+,23+/m1/s1. The molecule has 0 radical (unpaired) electrons. The highest BCUT2D eigenvalue weighted by Gasteiger charge is 2.81. The third kappa shape index (κ3) is 1.72. The Bertz CT molecular complexity index is 918. The number of hydrogen-bond donors (Lipinski definition) is 0. The van der Waals surface area contributed by atoms with Gasteiger partial charge in [0.25, 0.3) is 0 Å². The summed E-state index contributed by atoms with van der Waals surface area (Å²) in [6, 6.07) is 8.68. The normalized spacial score (nSPS) is 41.5. The number of para-hydroxylation sites is 1. The van der Waals surface area contributed by atoms with Gasteiger partial charge in [0, 0.05) is 11.5 Å². The second-order valence-electron chi connectivity index (χ2n) is 9.65. The number of anilines is 1. The van der Waals surface area contributed by atoms with E-state index in [1.165, 1.54) is 32.6 Å². The van der Waals surface area contributed by atoms with Crippen LogP contribution in [-0.4, -0.2) is 55.9 Å². The Morgan fingerprint density at radius 1 is 1.03 bits per heavy atom. The Balaban J connectivity index is 1.69. The largest absolute Gasteiger partial charge is 0.469 e. The molecule has 3 aliphatic carbocycles. The van der Waals surface area contributed by atoms with Crippen LogP contribution in [0.15, 0.2) is 24.3 Å². The summed E-state index contributed by atoms with van der Waals surface area (Å²) in [5.74, 6) is -0.491. The van der Waals surface area contributed by atoms with Crippen molar-refractivity contribution in [2.75, 3.05) is 32.2 Å². The molecule has 29 heavy (non-hydrogen) atoms. The first-order chi connectivity index (χ1) is 14.1. The number of fused-ring (bicyclic) bond motifs is 3. The number of amides is 1. The van der Waals surface area contributed by atoms with Crippen LogP contribution >= 0.6 is 0 Å². The molecule has 5 atom stereocenters. The predicted molar refractivity (Wildman–Crippen MR) is 107 cm³/mol. The number of piperidine rings is 1. The fourth-order valence-corrected chi connectivity index (χ4v) is 8.59. The Labute approximate surface area is 171 Å². The van der Waals surface area contributed by atoms with Crippen molar-refractivity contribution < 1.29 is 19.1 Å². The van der Waals surface area contributed by atoms with Crippen molar-refractivity contribution >= 4 is 17.7 Å². The van der Waals surface area contributed by atoms with Crippen molar-refractivity contribution in [1.82, 2.24) is 4.90 Å². The highest BCUT2D eigenvalue weighted by molar-refractivity contribution is 5.97. The number of rotatable bonds is 1. The molecule has 3 aliphatic heterocycles. The molecule has 1 aromatic rings. The average molecular weight is 396 g/mol. The molecule has 2 bridgehead atoms. The van der Waals surface area contributed by atoms with Gasteiger partial charge in [-0.2, -0.15) is 0 Å². The van der Waals surface area contributed by atoms with Crippen LogP contribution in [0.5, 0.6) is 0 Å². The van der Waals surface area contributed by atoms with Gasteiger partial charge < -0.3 is 9.47 Å². The lowest BCUT2D eigenvalue weighted by atomic mass is 9.38. The summed E-state index contributed by atoms with van der Waals surface area (Å²) >= 11 is 0. The average Bonchev–Trinajstić information content (AvgIpc) is 3.29.